The Morgan fingerprint density at radius 2 is 1.06 bits per heavy atom. The first-order valence-electron chi connectivity index (χ1n) is 7.85. The average molecular weight is 276 g/mol. The van der Waals surface area contributed by atoms with Crippen molar-refractivity contribution in [2.75, 3.05) is 0 Å². The average Bonchev–Trinajstić information content (AvgIpc) is 2.35. The van der Waals surface area contributed by atoms with Crippen molar-refractivity contribution in [2.45, 2.75) is 96.1 Å². The quantitative estimate of drug-likeness (QED) is 0.391. The lowest BCUT2D eigenvalue weighted by Crippen LogP contribution is -2.09. The third kappa shape index (κ3) is 11.1. The van der Waals surface area contributed by atoms with Gasteiger partial charge in [-0.05, 0) is 12.8 Å². The molecule has 0 N–H and O–H groups in total. The van der Waals surface area contributed by atoms with Crippen LogP contribution in [-0.2, 0) is 10.7 Å². The maximum Gasteiger partial charge on any atom is 0.143 e. The molecule has 18 heavy (non-hydrogen) atoms. The second kappa shape index (κ2) is 13.4. The van der Waals surface area contributed by atoms with Crippen molar-refractivity contribution in [2.24, 2.45) is 0 Å². The molecule has 0 fully saturated rings. The van der Waals surface area contributed by atoms with Crippen LogP contribution in [-0.4, -0.2) is 13.7 Å². The molecule has 0 saturated heterocycles. The van der Waals surface area contributed by atoms with Gasteiger partial charge < -0.3 is 0 Å². The molecule has 0 aromatic carbocycles. The summed E-state index contributed by atoms with van der Waals surface area (Å²) in [6.45, 7) is 4.40. The van der Waals surface area contributed by atoms with Crippen LogP contribution in [0.15, 0.2) is 0 Å². The van der Waals surface area contributed by atoms with Gasteiger partial charge in [0.2, 0.25) is 0 Å². The van der Waals surface area contributed by atoms with Crippen LogP contribution in [0, 0.1) is 0 Å². The Bertz CT molecular complexity index is 229. The van der Waals surface area contributed by atoms with Crippen molar-refractivity contribution in [1.29, 1.82) is 0 Å². The van der Waals surface area contributed by atoms with Crippen molar-refractivity contribution >= 4 is 10.7 Å². The summed E-state index contributed by atoms with van der Waals surface area (Å²) in [5.74, 6) is 0. The van der Waals surface area contributed by atoms with Crippen LogP contribution >= 0.6 is 0 Å². The van der Waals surface area contributed by atoms with E-state index in [0.717, 1.165) is 25.7 Å². The zero-order valence-electron chi connectivity index (χ0n) is 12.3. The Morgan fingerprint density at radius 3 is 1.50 bits per heavy atom. The SMILES string of the molecule is CCCCCCCCC(CCCCCC)[SH](=O)=O. The lowest BCUT2D eigenvalue weighted by atomic mass is 10.0. The molecule has 0 rings (SSSR count). The molecule has 0 radical (unpaired) electrons. The van der Waals surface area contributed by atoms with E-state index in [0.29, 0.717) is 0 Å². The molecule has 2 nitrogen and oxygen atoms in total. The molecule has 0 bridgehead atoms. The highest BCUT2D eigenvalue weighted by Crippen LogP contribution is 2.15. The van der Waals surface area contributed by atoms with Crippen LogP contribution in [0.2, 0.25) is 0 Å². The minimum absolute atomic E-state index is 0.0527. The van der Waals surface area contributed by atoms with Gasteiger partial charge in [-0.15, -0.1) is 0 Å². The zero-order valence-corrected chi connectivity index (χ0v) is 13.2. The fourth-order valence-electron chi connectivity index (χ4n) is 2.32. The van der Waals surface area contributed by atoms with E-state index in [4.69, 9.17) is 0 Å². The van der Waals surface area contributed by atoms with Gasteiger partial charge in [-0.3, -0.25) is 0 Å². The number of thiol groups is 1. The van der Waals surface area contributed by atoms with E-state index < -0.39 is 10.7 Å². The van der Waals surface area contributed by atoms with Crippen molar-refractivity contribution < 1.29 is 8.42 Å². The molecule has 0 heterocycles. The molecule has 0 saturated carbocycles. The second-order valence-electron chi connectivity index (χ2n) is 5.34. The maximum atomic E-state index is 11.2. The van der Waals surface area contributed by atoms with Crippen LogP contribution in [0.4, 0.5) is 0 Å². The predicted molar refractivity (Wildman–Crippen MR) is 80.9 cm³/mol. The van der Waals surface area contributed by atoms with E-state index in [-0.39, 0.29) is 5.25 Å². The van der Waals surface area contributed by atoms with Gasteiger partial charge in [-0.1, -0.05) is 78.1 Å². The third-order valence-corrected chi connectivity index (χ3v) is 4.69. The Morgan fingerprint density at radius 1 is 0.667 bits per heavy atom. The summed E-state index contributed by atoms with van der Waals surface area (Å²) in [7, 11) is -2.21. The predicted octanol–water partition coefficient (Wildman–Crippen LogP) is 4.69. The summed E-state index contributed by atoms with van der Waals surface area (Å²) in [5.41, 5.74) is 0. The lowest BCUT2D eigenvalue weighted by molar-refractivity contribution is 0.526. The van der Waals surface area contributed by atoms with Crippen molar-refractivity contribution in [3.63, 3.8) is 0 Å². The van der Waals surface area contributed by atoms with E-state index in [1.807, 2.05) is 0 Å². The summed E-state index contributed by atoms with van der Waals surface area (Å²) in [6.07, 6.45) is 13.9. The van der Waals surface area contributed by atoms with Gasteiger partial charge in [-0.2, -0.15) is 0 Å². The van der Waals surface area contributed by atoms with Crippen molar-refractivity contribution in [3.05, 3.63) is 0 Å². The van der Waals surface area contributed by atoms with E-state index in [1.54, 1.807) is 0 Å². The number of hydrogen-bond donors (Lipinski definition) is 1. The molecule has 0 aliphatic rings. The molecule has 1 atom stereocenters. The summed E-state index contributed by atoms with van der Waals surface area (Å²) in [4.78, 5) is 0. The number of rotatable bonds is 13. The molecule has 1 unspecified atom stereocenters. The third-order valence-electron chi connectivity index (χ3n) is 3.58. The standard InChI is InChI=1S/C15H32O2S/c1-3-5-7-9-10-12-14-15(18(16)17)13-11-8-6-4-2/h15,18H,3-14H2,1-2H3. The topological polar surface area (TPSA) is 34.1 Å². The molecule has 0 aromatic rings. The van der Waals surface area contributed by atoms with Gasteiger partial charge in [-0.25, -0.2) is 8.42 Å². The van der Waals surface area contributed by atoms with Crippen LogP contribution in [0.25, 0.3) is 0 Å². The highest BCUT2D eigenvalue weighted by Gasteiger charge is 2.10. The van der Waals surface area contributed by atoms with E-state index in [1.165, 1.54) is 51.4 Å². The molecule has 0 spiro atoms. The Hall–Kier alpha value is -0.0500. The van der Waals surface area contributed by atoms with Gasteiger partial charge in [0.05, 0.1) is 5.25 Å². The Labute approximate surface area is 116 Å². The Balaban J connectivity index is 3.57. The van der Waals surface area contributed by atoms with Crippen LogP contribution in [0.1, 0.15) is 90.9 Å². The molecule has 0 aromatic heterocycles. The van der Waals surface area contributed by atoms with Gasteiger partial charge in [0, 0.05) is 0 Å². The summed E-state index contributed by atoms with van der Waals surface area (Å²) >= 11 is 0. The van der Waals surface area contributed by atoms with Gasteiger partial charge in [0.15, 0.2) is 0 Å². The first-order chi connectivity index (χ1) is 8.72. The monoisotopic (exact) mass is 276 g/mol. The van der Waals surface area contributed by atoms with E-state index in [2.05, 4.69) is 13.8 Å². The smallest absolute Gasteiger partial charge is 0.143 e. The molecule has 110 valence electrons. The molecule has 0 aliphatic heterocycles. The molecular weight excluding hydrogens is 244 g/mol. The number of unbranched alkanes of at least 4 members (excludes halogenated alkanes) is 8. The summed E-state index contributed by atoms with van der Waals surface area (Å²) in [6, 6.07) is 0. The van der Waals surface area contributed by atoms with Gasteiger partial charge in [0.1, 0.15) is 10.7 Å². The normalized spacial score (nSPS) is 13.1. The van der Waals surface area contributed by atoms with Gasteiger partial charge >= 0.3 is 0 Å². The molecule has 3 heteroatoms. The van der Waals surface area contributed by atoms with Crippen LogP contribution in [0.3, 0.4) is 0 Å². The minimum Gasteiger partial charge on any atom is -0.232 e. The molecule has 0 amide bonds. The lowest BCUT2D eigenvalue weighted by Gasteiger charge is -2.10. The second-order valence-corrected chi connectivity index (χ2v) is 6.65. The maximum absolute atomic E-state index is 11.2. The minimum atomic E-state index is -2.21. The first kappa shape index (κ1) is 17.9. The summed E-state index contributed by atoms with van der Waals surface area (Å²) < 4.78 is 22.3. The fraction of sp³-hybridized carbons (Fsp3) is 1.00. The summed E-state index contributed by atoms with van der Waals surface area (Å²) in [5, 5.41) is -0.0527. The van der Waals surface area contributed by atoms with Gasteiger partial charge in [0.25, 0.3) is 0 Å². The molecule has 0 aliphatic carbocycles. The van der Waals surface area contributed by atoms with Crippen molar-refractivity contribution in [3.8, 4) is 0 Å². The Kier molecular flexibility index (Phi) is 13.3. The zero-order chi connectivity index (χ0) is 13.6. The first-order valence-corrected chi connectivity index (χ1v) is 9.10. The number of hydrogen-bond acceptors (Lipinski definition) is 2. The molecular formula is C15H32O2S. The van der Waals surface area contributed by atoms with Crippen LogP contribution < -0.4 is 0 Å². The van der Waals surface area contributed by atoms with E-state index in [9.17, 15) is 8.42 Å². The van der Waals surface area contributed by atoms with E-state index >= 15 is 0 Å². The largest absolute Gasteiger partial charge is 0.232 e. The highest BCUT2D eigenvalue weighted by molar-refractivity contribution is 7.73. The fourth-order valence-corrected chi connectivity index (χ4v) is 3.11. The highest BCUT2D eigenvalue weighted by atomic mass is 32.2. The van der Waals surface area contributed by atoms with Crippen molar-refractivity contribution in [1.82, 2.24) is 0 Å². The van der Waals surface area contributed by atoms with Crippen LogP contribution in [0.5, 0.6) is 0 Å².